The molecule has 2 aromatic carbocycles. The zero-order valence-corrected chi connectivity index (χ0v) is 23.3. The van der Waals surface area contributed by atoms with Gasteiger partial charge >= 0.3 is 11.9 Å². The van der Waals surface area contributed by atoms with Gasteiger partial charge in [0.1, 0.15) is 28.4 Å². The number of esters is 2. The van der Waals surface area contributed by atoms with Crippen LogP contribution in [0.15, 0.2) is 81.8 Å². The van der Waals surface area contributed by atoms with Crippen LogP contribution < -0.4 is 0 Å². The van der Waals surface area contributed by atoms with E-state index in [1.54, 1.807) is 20.8 Å². The zero-order chi connectivity index (χ0) is 26.8. The van der Waals surface area contributed by atoms with Crippen LogP contribution in [-0.4, -0.2) is 56.1 Å². The number of hydrogen-bond donors (Lipinski definition) is 0. The van der Waals surface area contributed by atoms with E-state index in [2.05, 4.69) is 0 Å². The molecule has 194 valence electrons. The summed E-state index contributed by atoms with van der Waals surface area (Å²) >= 11 is 9.40. The Labute approximate surface area is 229 Å². The third-order valence-corrected chi connectivity index (χ3v) is 8.56. The van der Waals surface area contributed by atoms with E-state index in [4.69, 9.17) is 26.1 Å². The van der Waals surface area contributed by atoms with Gasteiger partial charge in [-0.2, -0.15) is 0 Å². The lowest BCUT2D eigenvalue weighted by Gasteiger charge is -2.55. The summed E-state index contributed by atoms with van der Waals surface area (Å²) in [5.74, 6) is -1.17. The molecule has 1 amide bonds. The van der Waals surface area contributed by atoms with Crippen molar-refractivity contribution in [2.45, 2.75) is 48.4 Å². The molecule has 2 heterocycles. The fraction of sp³-hybridized carbons (Fsp3) is 0.333. The molecule has 0 aliphatic carbocycles. The number of nitrogens with zero attached hydrogens (tertiary/aromatic N) is 2. The number of carbonyl (C=O) groups is 3. The second-order valence-electron chi connectivity index (χ2n) is 9.45. The molecule has 2 aliphatic heterocycles. The van der Waals surface area contributed by atoms with Crippen LogP contribution in [0, 0.1) is 0 Å². The highest BCUT2D eigenvalue weighted by Crippen LogP contribution is 2.56. The van der Waals surface area contributed by atoms with Gasteiger partial charge in [0, 0.05) is 28.7 Å². The van der Waals surface area contributed by atoms with Crippen molar-refractivity contribution in [1.82, 2.24) is 4.90 Å². The van der Waals surface area contributed by atoms with Crippen molar-refractivity contribution in [3.63, 3.8) is 0 Å². The Hall–Kier alpha value is -2.75. The Morgan fingerprint density at radius 2 is 1.76 bits per heavy atom. The van der Waals surface area contributed by atoms with Crippen molar-refractivity contribution in [2.75, 3.05) is 12.4 Å². The lowest BCUT2D eigenvalue weighted by molar-refractivity contribution is -0.159. The predicted octanol–water partition coefficient (Wildman–Crippen LogP) is 5.23. The fourth-order valence-electron chi connectivity index (χ4n) is 3.86. The Kier molecular flexibility index (Phi) is 8.06. The van der Waals surface area contributed by atoms with Gasteiger partial charge in [0.25, 0.3) is 5.91 Å². The first-order valence-electron chi connectivity index (χ1n) is 11.6. The number of thioether (sulfide) groups is 2. The van der Waals surface area contributed by atoms with Crippen LogP contribution in [0.1, 0.15) is 33.3 Å². The van der Waals surface area contributed by atoms with Gasteiger partial charge in [-0.3, -0.25) is 14.5 Å². The molecule has 1 saturated heterocycles. The number of hydrogen-bond acceptors (Lipinski definition) is 8. The average Bonchev–Trinajstić information content (AvgIpc) is 2.86. The maximum Gasteiger partial charge on any atom is 0.355 e. The SMILES string of the molecule is CC(=O)OCC1=C(C(=O)OC(C)(C)C)N2C(=O)[C@](N=C(Cl)c3ccccc3)(Sc3ccccc3)[C@H]2SC1. The molecule has 2 aromatic rings. The molecule has 2 aliphatic rings. The molecular formula is C27H27ClN2O5S2. The van der Waals surface area contributed by atoms with E-state index in [1.807, 2.05) is 60.7 Å². The van der Waals surface area contributed by atoms with Gasteiger partial charge in [-0.15, -0.1) is 11.8 Å². The first-order chi connectivity index (χ1) is 17.5. The van der Waals surface area contributed by atoms with Crippen molar-refractivity contribution in [2.24, 2.45) is 4.99 Å². The third-order valence-electron chi connectivity index (χ3n) is 5.42. The molecule has 0 aromatic heterocycles. The lowest BCUT2D eigenvalue weighted by Crippen LogP contribution is -2.71. The van der Waals surface area contributed by atoms with E-state index in [9.17, 15) is 14.4 Å². The molecule has 0 bridgehead atoms. The standard InChI is InChI=1S/C27H27ClN2O5S2/c1-17(31)34-15-19-16-36-25-27(37-20-13-9-6-10-14-20,29-22(28)18-11-7-5-8-12-18)24(33)30(25)21(19)23(32)35-26(2,3)4/h5-14,25H,15-16H2,1-4H3/t25-,27+/m1/s1. The Bertz CT molecular complexity index is 1260. The lowest BCUT2D eigenvalue weighted by atomic mass is 10.0. The molecular weight excluding hydrogens is 532 g/mol. The van der Waals surface area contributed by atoms with Gasteiger partial charge in [-0.25, -0.2) is 9.79 Å². The van der Waals surface area contributed by atoms with E-state index < -0.39 is 33.7 Å². The molecule has 0 spiro atoms. The van der Waals surface area contributed by atoms with Crippen molar-refractivity contribution in [3.8, 4) is 0 Å². The first-order valence-corrected chi connectivity index (χ1v) is 13.8. The highest BCUT2D eigenvalue weighted by atomic mass is 35.5. The van der Waals surface area contributed by atoms with Gasteiger partial charge in [0.15, 0.2) is 0 Å². The van der Waals surface area contributed by atoms with E-state index in [0.717, 1.165) is 4.90 Å². The molecule has 0 saturated carbocycles. The van der Waals surface area contributed by atoms with E-state index in [0.29, 0.717) is 16.9 Å². The number of β-lactam (4-membered cyclic amide) rings is 1. The summed E-state index contributed by atoms with van der Waals surface area (Å²) in [7, 11) is 0. The van der Waals surface area contributed by atoms with E-state index >= 15 is 0 Å². The number of carbonyl (C=O) groups excluding carboxylic acids is 3. The van der Waals surface area contributed by atoms with Crippen LogP contribution >= 0.6 is 35.1 Å². The number of benzene rings is 2. The van der Waals surface area contributed by atoms with Gasteiger partial charge in [0.2, 0.25) is 4.87 Å². The minimum atomic E-state index is -1.31. The number of amides is 1. The Morgan fingerprint density at radius 3 is 2.35 bits per heavy atom. The molecule has 10 heteroatoms. The van der Waals surface area contributed by atoms with Crippen LogP contribution in [0.2, 0.25) is 0 Å². The minimum absolute atomic E-state index is 0.0974. The Balaban J connectivity index is 1.78. The smallest absolute Gasteiger partial charge is 0.355 e. The summed E-state index contributed by atoms with van der Waals surface area (Å²) in [4.78, 5) is 44.6. The van der Waals surface area contributed by atoms with Gasteiger partial charge in [0.05, 0.1) is 0 Å². The quantitative estimate of drug-likeness (QED) is 0.261. The largest absolute Gasteiger partial charge is 0.461 e. The van der Waals surface area contributed by atoms with Crippen LogP contribution in [-0.2, 0) is 23.9 Å². The van der Waals surface area contributed by atoms with Crippen LogP contribution in [0.25, 0.3) is 0 Å². The predicted molar refractivity (Wildman–Crippen MR) is 146 cm³/mol. The second-order valence-corrected chi connectivity index (χ2v) is 12.2. The fourth-order valence-corrected chi connectivity index (χ4v) is 7.01. The first kappa shape index (κ1) is 27.3. The number of fused-ring (bicyclic) bond motifs is 1. The summed E-state index contributed by atoms with van der Waals surface area (Å²) in [6.07, 6.45) is 0. The maximum absolute atomic E-state index is 14.0. The highest BCUT2D eigenvalue weighted by molar-refractivity contribution is 8.05. The average molecular weight is 559 g/mol. The summed E-state index contributed by atoms with van der Waals surface area (Å²) in [5, 5.41) is -0.336. The molecule has 0 unspecified atom stereocenters. The van der Waals surface area contributed by atoms with Crippen molar-refractivity contribution in [1.29, 1.82) is 0 Å². The molecule has 7 nitrogen and oxygen atoms in total. The zero-order valence-electron chi connectivity index (χ0n) is 20.9. The number of ether oxygens (including phenoxy) is 2. The summed E-state index contributed by atoms with van der Waals surface area (Å²) < 4.78 is 10.8. The number of halogens is 1. The number of aliphatic imine (C=N–C) groups is 1. The normalized spacial score (nSPS) is 21.8. The van der Waals surface area contributed by atoms with Crippen molar-refractivity contribution in [3.05, 3.63) is 77.5 Å². The summed E-state index contributed by atoms with van der Waals surface area (Å²) in [5.41, 5.74) is 0.508. The molecule has 0 N–H and O–H groups in total. The number of rotatable bonds is 7. The van der Waals surface area contributed by atoms with Crippen molar-refractivity contribution < 1.29 is 23.9 Å². The van der Waals surface area contributed by atoms with E-state index in [-0.39, 0.29) is 17.5 Å². The van der Waals surface area contributed by atoms with Gasteiger partial charge in [-0.05, 0) is 32.9 Å². The topological polar surface area (TPSA) is 85.3 Å². The highest BCUT2D eigenvalue weighted by Gasteiger charge is 2.66. The molecule has 1 fully saturated rings. The molecule has 0 radical (unpaired) electrons. The Morgan fingerprint density at radius 1 is 1.14 bits per heavy atom. The monoisotopic (exact) mass is 558 g/mol. The molecule has 37 heavy (non-hydrogen) atoms. The second kappa shape index (κ2) is 10.9. The van der Waals surface area contributed by atoms with Crippen LogP contribution in [0.3, 0.4) is 0 Å². The third kappa shape index (κ3) is 5.89. The summed E-state index contributed by atoms with van der Waals surface area (Å²) in [6.45, 7) is 6.44. The van der Waals surface area contributed by atoms with Gasteiger partial charge in [-0.1, -0.05) is 71.9 Å². The van der Waals surface area contributed by atoms with Crippen molar-refractivity contribution >= 4 is 58.1 Å². The maximum atomic E-state index is 14.0. The van der Waals surface area contributed by atoms with Crippen LogP contribution in [0.5, 0.6) is 0 Å². The van der Waals surface area contributed by atoms with E-state index in [1.165, 1.54) is 35.3 Å². The van der Waals surface area contributed by atoms with Gasteiger partial charge < -0.3 is 9.47 Å². The summed E-state index contributed by atoms with van der Waals surface area (Å²) in [6, 6.07) is 18.7. The van der Waals surface area contributed by atoms with Crippen LogP contribution in [0.4, 0.5) is 0 Å². The molecule has 2 atom stereocenters. The molecule has 4 rings (SSSR count). The minimum Gasteiger partial charge on any atom is -0.461 e.